The van der Waals surface area contributed by atoms with E-state index in [1.807, 2.05) is 91.0 Å². The van der Waals surface area contributed by atoms with Crippen LogP contribution in [0.3, 0.4) is 0 Å². The highest BCUT2D eigenvalue weighted by Gasteiger charge is 2.19. The van der Waals surface area contributed by atoms with Crippen molar-refractivity contribution < 1.29 is 12.6 Å². The van der Waals surface area contributed by atoms with Gasteiger partial charge in [-0.05, 0) is 118 Å². The molecule has 1 heterocycles. The lowest BCUT2D eigenvalue weighted by Gasteiger charge is -2.19. The second kappa shape index (κ2) is 11.8. The quantitative estimate of drug-likeness (QED) is 0.169. The van der Waals surface area contributed by atoms with E-state index >= 15 is 0 Å². The Morgan fingerprint density at radius 1 is 0.321 bits per heavy atom. The lowest BCUT2D eigenvalue weighted by atomic mass is 9.84. The number of fused-ring (bicyclic) bond motifs is 7. The molecule has 0 atom stereocenters. The van der Waals surface area contributed by atoms with Crippen LogP contribution in [0.4, 0.5) is 0 Å². The van der Waals surface area contributed by atoms with Gasteiger partial charge in [0.05, 0.1) is 8.22 Å². The van der Waals surface area contributed by atoms with Crippen LogP contribution in [0.5, 0.6) is 0 Å². The van der Waals surface area contributed by atoms with Gasteiger partial charge in [0.15, 0.2) is 0 Å². The molecule has 0 spiro atoms. The van der Waals surface area contributed by atoms with Gasteiger partial charge in [-0.15, -0.1) is 0 Å². The molecule has 246 valence electrons. The van der Waals surface area contributed by atoms with Gasteiger partial charge in [-0.2, -0.15) is 0 Å². The second-order valence-corrected chi connectivity index (χ2v) is 13.5. The third kappa shape index (κ3) is 4.71. The van der Waals surface area contributed by atoms with Crippen molar-refractivity contribution in [2.24, 2.45) is 0 Å². The molecule has 0 saturated heterocycles. The Morgan fingerprint density at radius 2 is 0.830 bits per heavy atom. The van der Waals surface area contributed by atoms with E-state index in [0.717, 1.165) is 60.0 Å². The van der Waals surface area contributed by atoms with E-state index in [-0.39, 0.29) is 40.5 Å². The zero-order valence-corrected chi connectivity index (χ0v) is 28.4. The van der Waals surface area contributed by atoms with Gasteiger partial charge >= 0.3 is 0 Å². The first-order valence-electron chi connectivity index (χ1n) is 20.8. The molecule has 1 heteroatoms. The summed E-state index contributed by atoms with van der Waals surface area (Å²) in [6.07, 6.45) is 0. The maximum atomic E-state index is 9.81. The van der Waals surface area contributed by atoms with Crippen molar-refractivity contribution in [3.05, 3.63) is 194 Å². The Balaban J connectivity index is 1.17. The number of hydrogen-bond donors (Lipinski definition) is 0. The summed E-state index contributed by atoms with van der Waals surface area (Å²) in [5.74, 6) is 0. The fraction of sp³-hybridized carbons (Fsp3) is 0. The smallest absolute Gasteiger partial charge is 0.136 e. The SMILES string of the molecule is [2H]c1c([2H])c([2H])c2c(-c3c4ccccc4c(-c4ccccc4)c4ccccc34)c([2H])c([2H])c(-c3ccc4c(c3)oc3cc(-c5ccc6ccccc6c5)ccc34)c2c1[2H]. The van der Waals surface area contributed by atoms with Gasteiger partial charge in [0.2, 0.25) is 0 Å². The molecule has 11 rings (SSSR count). The molecule has 1 aromatic heterocycles. The van der Waals surface area contributed by atoms with Crippen molar-refractivity contribution in [2.75, 3.05) is 0 Å². The summed E-state index contributed by atoms with van der Waals surface area (Å²) in [6.45, 7) is 0. The molecule has 11 aromatic rings. The summed E-state index contributed by atoms with van der Waals surface area (Å²) in [5.41, 5.74) is 7.19. The Kier molecular flexibility index (Phi) is 5.40. The van der Waals surface area contributed by atoms with E-state index in [4.69, 9.17) is 7.16 Å². The predicted octanol–water partition coefficient (Wildman–Crippen LogP) is 14.9. The minimum atomic E-state index is -0.396. The molecule has 0 aliphatic carbocycles. The monoisotopic (exact) mass is 678 g/mol. The zero-order chi connectivity index (χ0) is 40.1. The van der Waals surface area contributed by atoms with Crippen LogP contribution in [0.15, 0.2) is 198 Å². The van der Waals surface area contributed by atoms with Crippen LogP contribution in [0, 0.1) is 0 Å². The molecule has 53 heavy (non-hydrogen) atoms. The first-order valence-corrected chi connectivity index (χ1v) is 17.8. The lowest BCUT2D eigenvalue weighted by Crippen LogP contribution is -1.92. The molecule has 0 radical (unpaired) electrons. The summed E-state index contributed by atoms with van der Waals surface area (Å²) in [4.78, 5) is 0. The molecule has 0 N–H and O–H groups in total. The van der Waals surface area contributed by atoms with Crippen LogP contribution in [-0.4, -0.2) is 0 Å². The van der Waals surface area contributed by atoms with Crippen LogP contribution in [0.2, 0.25) is 0 Å². The van der Waals surface area contributed by atoms with Crippen LogP contribution in [0.1, 0.15) is 8.22 Å². The van der Waals surface area contributed by atoms with Crippen LogP contribution >= 0.6 is 0 Å². The normalized spacial score (nSPS) is 13.4. The molecule has 0 saturated carbocycles. The van der Waals surface area contributed by atoms with Crippen molar-refractivity contribution in [2.45, 2.75) is 0 Å². The van der Waals surface area contributed by atoms with Crippen molar-refractivity contribution in [1.29, 1.82) is 0 Å². The molecular weight excluding hydrogens is 641 g/mol. The van der Waals surface area contributed by atoms with Crippen molar-refractivity contribution in [3.8, 4) is 44.5 Å². The van der Waals surface area contributed by atoms with Crippen LogP contribution in [-0.2, 0) is 0 Å². The van der Waals surface area contributed by atoms with Crippen LogP contribution in [0.25, 0.3) is 110 Å². The molecule has 0 bridgehead atoms. The summed E-state index contributed by atoms with van der Waals surface area (Å²) < 4.78 is 62.5. The largest absolute Gasteiger partial charge is 0.456 e. The fourth-order valence-electron chi connectivity index (χ4n) is 8.14. The first kappa shape index (κ1) is 24.3. The highest BCUT2D eigenvalue weighted by atomic mass is 16.3. The van der Waals surface area contributed by atoms with Gasteiger partial charge in [-0.3, -0.25) is 0 Å². The molecule has 0 unspecified atom stereocenters. The fourth-order valence-corrected chi connectivity index (χ4v) is 8.14. The molecule has 0 aliphatic heterocycles. The average molecular weight is 679 g/mol. The zero-order valence-electron chi connectivity index (χ0n) is 34.4. The highest BCUT2D eigenvalue weighted by Crippen LogP contribution is 2.46. The minimum Gasteiger partial charge on any atom is -0.456 e. The number of benzene rings is 10. The van der Waals surface area contributed by atoms with Gasteiger partial charge in [-0.25, -0.2) is 0 Å². The number of hydrogen-bond acceptors (Lipinski definition) is 1. The number of furan rings is 1. The van der Waals surface area contributed by atoms with E-state index < -0.39 is 12.1 Å². The van der Waals surface area contributed by atoms with Crippen LogP contribution < -0.4 is 0 Å². The maximum Gasteiger partial charge on any atom is 0.136 e. The first-order chi connectivity index (χ1) is 28.8. The van der Waals surface area contributed by atoms with Gasteiger partial charge in [-0.1, -0.05) is 164 Å². The second-order valence-electron chi connectivity index (χ2n) is 13.5. The third-order valence-corrected chi connectivity index (χ3v) is 10.6. The molecular formula is C52H32O. The average Bonchev–Trinajstić information content (AvgIpc) is 3.65. The molecule has 0 aliphatic rings. The molecule has 0 fully saturated rings. The lowest BCUT2D eigenvalue weighted by molar-refractivity contribution is 0.669. The molecule has 0 amide bonds. The summed E-state index contributed by atoms with van der Waals surface area (Å²) in [5, 5.41) is 8.07. The van der Waals surface area contributed by atoms with Crippen molar-refractivity contribution in [3.63, 3.8) is 0 Å². The third-order valence-electron chi connectivity index (χ3n) is 10.6. The highest BCUT2D eigenvalue weighted by molar-refractivity contribution is 6.24. The predicted molar refractivity (Wildman–Crippen MR) is 225 cm³/mol. The van der Waals surface area contributed by atoms with Gasteiger partial charge in [0, 0.05) is 10.8 Å². The summed E-state index contributed by atoms with van der Waals surface area (Å²) >= 11 is 0. The molecule has 10 aromatic carbocycles. The Hall–Kier alpha value is -6.96. The van der Waals surface area contributed by atoms with Crippen molar-refractivity contribution in [1.82, 2.24) is 0 Å². The molecule has 1 nitrogen and oxygen atoms in total. The van der Waals surface area contributed by atoms with E-state index in [1.165, 1.54) is 5.39 Å². The number of rotatable bonds is 4. The van der Waals surface area contributed by atoms with E-state index in [0.29, 0.717) is 27.9 Å². The Labute approximate surface area is 315 Å². The van der Waals surface area contributed by atoms with Crippen molar-refractivity contribution >= 4 is 65.0 Å². The van der Waals surface area contributed by atoms with Gasteiger partial charge < -0.3 is 4.42 Å². The standard InChI is InChI=1S/C52H32O/c1-2-13-34(14-3-1)51-44-18-8-10-20-46(44)52(47-21-11-9-19-45(47)51)48-29-28-39(40-16-6-7-17-41(40)48)38-25-27-43-42-26-24-37(31-49(42)53-50(43)32-38)36-23-22-33-12-4-5-15-35(33)30-36/h1-32H/i6D,7D,16D,17D,28D,29D. The summed E-state index contributed by atoms with van der Waals surface area (Å²) in [6, 6.07) is 51.0. The van der Waals surface area contributed by atoms with E-state index in [1.54, 1.807) is 0 Å². The Morgan fingerprint density at radius 3 is 1.53 bits per heavy atom. The van der Waals surface area contributed by atoms with Gasteiger partial charge in [0.25, 0.3) is 0 Å². The Bertz CT molecular complexity index is 3510. The minimum absolute atomic E-state index is 0.120. The summed E-state index contributed by atoms with van der Waals surface area (Å²) in [7, 11) is 0. The van der Waals surface area contributed by atoms with Gasteiger partial charge in [0.1, 0.15) is 11.2 Å². The van der Waals surface area contributed by atoms with E-state index in [2.05, 4.69) is 66.7 Å². The topological polar surface area (TPSA) is 13.1 Å². The maximum absolute atomic E-state index is 9.81. The van der Waals surface area contributed by atoms with E-state index in [9.17, 15) is 5.48 Å².